The van der Waals surface area contributed by atoms with Gasteiger partial charge in [-0.25, -0.2) is 4.98 Å². The highest BCUT2D eigenvalue weighted by molar-refractivity contribution is 5.95. The van der Waals surface area contributed by atoms with E-state index >= 15 is 0 Å². The van der Waals surface area contributed by atoms with Gasteiger partial charge < -0.3 is 19.7 Å². The van der Waals surface area contributed by atoms with Crippen molar-refractivity contribution in [2.45, 2.75) is 6.92 Å². The van der Waals surface area contributed by atoms with Gasteiger partial charge in [0.1, 0.15) is 13.2 Å². The maximum atomic E-state index is 12.1. The lowest BCUT2D eigenvalue weighted by Gasteiger charge is -2.19. The lowest BCUT2D eigenvalue weighted by molar-refractivity contribution is -0.116. The average molecular weight is 377 g/mol. The Morgan fingerprint density at radius 3 is 2.64 bits per heavy atom. The molecule has 4 rings (SSSR count). The summed E-state index contributed by atoms with van der Waals surface area (Å²) in [6.07, 6.45) is 0. The van der Waals surface area contributed by atoms with Crippen molar-refractivity contribution in [2.75, 3.05) is 39.2 Å². The summed E-state index contributed by atoms with van der Waals surface area (Å²) in [5.74, 6) is 1.45. The van der Waals surface area contributed by atoms with Crippen LogP contribution in [-0.2, 0) is 4.79 Å². The van der Waals surface area contributed by atoms with Gasteiger partial charge in [0.2, 0.25) is 5.91 Å². The summed E-state index contributed by atoms with van der Waals surface area (Å²) in [4.78, 5) is 18.7. The van der Waals surface area contributed by atoms with Crippen LogP contribution in [0.5, 0.6) is 11.5 Å². The number of nitrogens with zero attached hydrogens (tertiary/aromatic N) is 2. The topological polar surface area (TPSA) is 63.7 Å². The smallest absolute Gasteiger partial charge is 0.238 e. The van der Waals surface area contributed by atoms with Crippen molar-refractivity contribution in [2.24, 2.45) is 0 Å². The molecule has 0 unspecified atom stereocenters. The van der Waals surface area contributed by atoms with E-state index in [2.05, 4.69) is 18.3 Å². The number of aromatic nitrogens is 1. The Kier molecular flexibility index (Phi) is 4.88. The van der Waals surface area contributed by atoms with Crippen molar-refractivity contribution in [3.8, 4) is 22.8 Å². The highest BCUT2D eigenvalue weighted by Gasteiger charge is 2.14. The number of carbonyl (C=O) groups is 1. The van der Waals surface area contributed by atoms with E-state index in [-0.39, 0.29) is 5.91 Å². The molecule has 1 aliphatic rings. The Bertz CT molecular complexity index is 1050. The number of hydrogen-bond donors (Lipinski definition) is 1. The molecule has 0 spiro atoms. The fraction of sp³-hybridized carbons (Fsp3) is 0.273. The van der Waals surface area contributed by atoms with Crippen LogP contribution in [0.3, 0.4) is 0 Å². The second-order valence-electron chi connectivity index (χ2n) is 7.20. The van der Waals surface area contributed by atoms with Crippen molar-refractivity contribution in [1.82, 2.24) is 9.88 Å². The number of hydrogen-bond acceptors (Lipinski definition) is 5. The molecule has 1 amide bonds. The molecule has 0 fully saturated rings. The molecule has 1 aromatic heterocycles. The highest BCUT2D eigenvalue weighted by Crippen LogP contribution is 2.35. The van der Waals surface area contributed by atoms with Crippen LogP contribution in [0.2, 0.25) is 0 Å². The predicted octanol–water partition coefficient (Wildman–Crippen LogP) is 3.48. The molecule has 1 N–H and O–H groups in total. The average Bonchev–Trinajstić information content (AvgIpc) is 2.66. The first-order chi connectivity index (χ1) is 13.5. The molecule has 0 saturated carbocycles. The van der Waals surface area contributed by atoms with Crippen LogP contribution in [0, 0.1) is 6.92 Å². The van der Waals surface area contributed by atoms with Gasteiger partial charge in [0.05, 0.1) is 17.8 Å². The Morgan fingerprint density at radius 1 is 1.07 bits per heavy atom. The van der Waals surface area contributed by atoms with Gasteiger partial charge in [0, 0.05) is 16.6 Å². The Labute approximate surface area is 164 Å². The summed E-state index contributed by atoms with van der Waals surface area (Å²) in [5, 5.41) is 3.99. The molecule has 2 heterocycles. The molecule has 0 aliphatic carbocycles. The van der Waals surface area contributed by atoms with E-state index in [1.54, 1.807) is 0 Å². The van der Waals surface area contributed by atoms with Crippen LogP contribution in [0.1, 0.15) is 5.56 Å². The summed E-state index contributed by atoms with van der Waals surface area (Å²) in [6, 6.07) is 13.8. The number of ether oxygens (including phenoxy) is 2. The van der Waals surface area contributed by atoms with E-state index in [0.29, 0.717) is 19.8 Å². The summed E-state index contributed by atoms with van der Waals surface area (Å²) in [6.45, 7) is 3.52. The number of nitrogens with one attached hydrogen (secondary N) is 1. The second kappa shape index (κ2) is 7.48. The first-order valence-corrected chi connectivity index (χ1v) is 9.25. The Hall–Kier alpha value is -3.12. The van der Waals surface area contributed by atoms with Crippen LogP contribution < -0.4 is 14.8 Å². The van der Waals surface area contributed by atoms with Crippen molar-refractivity contribution in [3.63, 3.8) is 0 Å². The molecule has 0 saturated heterocycles. The minimum Gasteiger partial charge on any atom is -0.486 e. The van der Waals surface area contributed by atoms with Gasteiger partial charge in [-0.3, -0.25) is 4.79 Å². The van der Waals surface area contributed by atoms with Gasteiger partial charge >= 0.3 is 0 Å². The normalized spacial score (nSPS) is 13.0. The van der Waals surface area contributed by atoms with E-state index in [4.69, 9.17) is 14.5 Å². The van der Waals surface area contributed by atoms with Crippen LogP contribution in [0.15, 0.2) is 42.5 Å². The first kappa shape index (κ1) is 18.3. The van der Waals surface area contributed by atoms with Crippen molar-refractivity contribution < 1.29 is 14.3 Å². The predicted molar refractivity (Wildman–Crippen MR) is 110 cm³/mol. The number of aryl methyl sites for hydroxylation is 1. The van der Waals surface area contributed by atoms with E-state index < -0.39 is 0 Å². The molecular weight excluding hydrogens is 354 g/mol. The maximum Gasteiger partial charge on any atom is 0.238 e. The van der Waals surface area contributed by atoms with Crippen LogP contribution >= 0.6 is 0 Å². The molecule has 28 heavy (non-hydrogen) atoms. The molecule has 6 heteroatoms. The maximum absolute atomic E-state index is 12.1. The molecule has 144 valence electrons. The van der Waals surface area contributed by atoms with Crippen LogP contribution in [0.4, 0.5) is 5.69 Å². The molecule has 0 atom stereocenters. The third-order valence-corrected chi connectivity index (χ3v) is 4.60. The molecule has 1 aliphatic heterocycles. The largest absolute Gasteiger partial charge is 0.486 e. The monoisotopic (exact) mass is 377 g/mol. The molecule has 0 bridgehead atoms. The Morgan fingerprint density at radius 2 is 1.86 bits per heavy atom. The van der Waals surface area contributed by atoms with Gasteiger partial charge in [-0.15, -0.1) is 0 Å². The second-order valence-corrected chi connectivity index (χ2v) is 7.20. The quantitative estimate of drug-likeness (QED) is 0.754. The van der Waals surface area contributed by atoms with E-state index in [1.165, 1.54) is 0 Å². The number of rotatable bonds is 4. The van der Waals surface area contributed by atoms with Crippen molar-refractivity contribution >= 4 is 22.5 Å². The molecule has 2 aromatic carbocycles. The van der Waals surface area contributed by atoms with Gasteiger partial charge in [-0.2, -0.15) is 0 Å². The molecule has 0 radical (unpaired) electrons. The minimum atomic E-state index is -0.0518. The molecule has 6 nitrogen and oxygen atoms in total. The zero-order valence-electron chi connectivity index (χ0n) is 16.3. The number of likely N-dealkylation sites (N-methyl/N-ethyl adjacent to an activating group) is 1. The number of benzene rings is 2. The van der Waals surface area contributed by atoms with Crippen molar-refractivity contribution in [3.05, 3.63) is 48.0 Å². The summed E-state index contributed by atoms with van der Waals surface area (Å²) < 4.78 is 11.3. The lowest BCUT2D eigenvalue weighted by atomic mass is 10.0. The van der Waals surface area contributed by atoms with Gasteiger partial charge in [0.15, 0.2) is 11.5 Å². The van der Waals surface area contributed by atoms with Crippen molar-refractivity contribution in [1.29, 1.82) is 0 Å². The molecular formula is C22H23N3O3. The summed E-state index contributed by atoms with van der Waals surface area (Å²) in [7, 11) is 3.73. The SMILES string of the molecule is Cc1cc(-c2ccc3c(c2)OCCO3)nc2cc(NC(=O)CN(C)C)ccc12. The summed E-state index contributed by atoms with van der Waals surface area (Å²) in [5.41, 5.74) is 4.54. The summed E-state index contributed by atoms with van der Waals surface area (Å²) >= 11 is 0. The fourth-order valence-corrected chi connectivity index (χ4v) is 3.32. The van der Waals surface area contributed by atoms with Gasteiger partial charge in [0.25, 0.3) is 0 Å². The van der Waals surface area contributed by atoms with Gasteiger partial charge in [-0.1, -0.05) is 6.07 Å². The lowest BCUT2D eigenvalue weighted by Crippen LogP contribution is -2.27. The van der Waals surface area contributed by atoms with Crippen LogP contribution in [-0.4, -0.2) is 49.6 Å². The number of carbonyl (C=O) groups excluding carboxylic acids is 1. The zero-order chi connectivity index (χ0) is 19.7. The standard InChI is InChI=1S/C22H23N3O3/c1-14-10-18(15-4-7-20-21(11-15)28-9-8-27-20)24-19-12-16(5-6-17(14)19)23-22(26)13-25(2)3/h4-7,10-12H,8-9,13H2,1-3H3,(H,23,26). The van der Waals surface area contributed by atoms with Crippen LogP contribution in [0.25, 0.3) is 22.2 Å². The highest BCUT2D eigenvalue weighted by atomic mass is 16.6. The fourth-order valence-electron chi connectivity index (χ4n) is 3.32. The third kappa shape index (κ3) is 3.77. The number of fused-ring (bicyclic) bond motifs is 2. The van der Waals surface area contributed by atoms with E-state index in [9.17, 15) is 4.79 Å². The number of amides is 1. The number of anilines is 1. The Balaban J connectivity index is 1.69. The van der Waals surface area contributed by atoms with Gasteiger partial charge in [-0.05, 0) is 63.0 Å². The van der Waals surface area contributed by atoms with E-state index in [1.807, 2.05) is 55.4 Å². The van der Waals surface area contributed by atoms with E-state index in [0.717, 1.165) is 44.9 Å². The third-order valence-electron chi connectivity index (χ3n) is 4.60. The zero-order valence-corrected chi connectivity index (χ0v) is 16.3. The minimum absolute atomic E-state index is 0.0518. The molecule has 3 aromatic rings. The first-order valence-electron chi connectivity index (χ1n) is 9.25. The number of pyridine rings is 1.